The van der Waals surface area contributed by atoms with Crippen LogP contribution in [0.5, 0.6) is 5.75 Å². The molecule has 0 bridgehead atoms. The fourth-order valence-corrected chi connectivity index (χ4v) is 4.62. The van der Waals surface area contributed by atoms with Crippen molar-refractivity contribution < 1.29 is 4.74 Å². The van der Waals surface area contributed by atoms with E-state index in [4.69, 9.17) is 4.74 Å². The Hall–Kier alpha value is -3.37. The number of benzene rings is 2. The van der Waals surface area contributed by atoms with Gasteiger partial charge in [-0.15, -0.1) is 0 Å². The van der Waals surface area contributed by atoms with Crippen LogP contribution in [0.25, 0.3) is 10.9 Å². The summed E-state index contributed by atoms with van der Waals surface area (Å²) in [6.07, 6.45) is 2.37. The monoisotopic (exact) mass is 443 g/mol. The number of nitrogens with one attached hydrogen (secondary N) is 1. The molecule has 0 unspecified atom stereocenters. The maximum absolute atomic E-state index is 12.4. The number of aromatic nitrogens is 2. The molecule has 2 aromatic carbocycles. The van der Waals surface area contributed by atoms with Gasteiger partial charge in [0.05, 0.1) is 34.8 Å². The minimum atomic E-state index is -0.0949. The Morgan fingerprint density at radius 2 is 1.94 bits per heavy atom. The second-order valence-electron chi connectivity index (χ2n) is 9.25. The number of nitrogens with zero attached hydrogens (tertiary/aromatic N) is 4. The lowest BCUT2D eigenvalue weighted by atomic mass is 10.00. The van der Waals surface area contributed by atoms with Crippen LogP contribution >= 0.6 is 0 Å². The third kappa shape index (κ3) is 4.57. The minimum Gasteiger partial charge on any atom is -0.491 e. The van der Waals surface area contributed by atoms with Gasteiger partial charge >= 0.3 is 0 Å². The number of ether oxygens (including phenoxy) is 1. The molecule has 33 heavy (non-hydrogen) atoms. The summed E-state index contributed by atoms with van der Waals surface area (Å²) >= 11 is 0. The number of H-pyrrole nitrogens is 1. The lowest BCUT2D eigenvalue weighted by Gasteiger charge is -2.36. The molecule has 3 aromatic rings. The molecular formula is C26H29N5O2. The van der Waals surface area contributed by atoms with Gasteiger partial charge in [0.2, 0.25) is 0 Å². The number of para-hydroxylation sites is 1. The Balaban J connectivity index is 1.33. The highest BCUT2D eigenvalue weighted by Gasteiger charge is 2.30. The summed E-state index contributed by atoms with van der Waals surface area (Å²) in [6.45, 7) is 7.92. The molecule has 2 aliphatic rings. The molecule has 1 N–H and O–H groups in total. The second kappa shape index (κ2) is 8.87. The van der Waals surface area contributed by atoms with Crippen molar-refractivity contribution in [2.45, 2.75) is 45.3 Å². The molecule has 1 saturated heterocycles. The Morgan fingerprint density at radius 3 is 2.64 bits per heavy atom. The van der Waals surface area contributed by atoms with Crippen LogP contribution in [-0.2, 0) is 6.54 Å². The first-order valence-electron chi connectivity index (χ1n) is 11.7. The van der Waals surface area contributed by atoms with E-state index in [9.17, 15) is 10.1 Å². The van der Waals surface area contributed by atoms with E-state index in [1.807, 2.05) is 38.1 Å². The van der Waals surface area contributed by atoms with E-state index in [1.54, 1.807) is 6.07 Å². The third-order valence-electron chi connectivity index (χ3n) is 6.37. The van der Waals surface area contributed by atoms with E-state index in [1.165, 1.54) is 0 Å². The van der Waals surface area contributed by atoms with Crippen LogP contribution in [0.3, 0.4) is 0 Å². The molecule has 1 aliphatic heterocycles. The largest absolute Gasteiger partial charge is 0.491 e. The van der Waals surface area contributed by atoms with Gasteiger partial charge in [-0.1, -0.05) is 12.1 Å². The molecule has 1 aromatic heterocycles. The molecule has 0 amide bonds. The maximum atomic E-state index is 12.4. The standard InChI is InChI=1S/C26H29N5O2/c1-17(2)33-19-13-21(18-7-8-18)22(15-27)24(14-19)31-11-9-30(10-12-31)16-25-28-23-6-4-3-5-20(23)26(32)29-25/h3-6,13-14,17-18H,7-12,16H2,1-2H3,(H,28,29,32). The average molecular weight is 444 g/mol. The molecule has 1 aliphatic carbocycles. The SMILES string of the molecule is CC(C)Oc1cc(C2CC2)c(C#N)c(N2CCN(Cc3nc4ccccc4c(=O)[nH]3)CC2)c1. The van der Waals surface area contributed by atoms with Gasteiger partial charge < -0.3 is 14.6 Å². The summed E-state index contributed by atoms with van der Waals surface area (Å²) in [7, 11) is 0. The van der Waals surface area contributed by atoms with Crippen molar-refractivity contribution >= 4 is 16.6 Å². The van der Waals surface area contributed by atoms with E-state index >= 15 is 0 Å². The molecule has 0 atom stereocenters. The Bertz CT molecular complexity index is 1260. The van der Waals surface area contributed by atoms with Crippen molar-refractivity contribution in [2.24, 2.45) is 0 Å². The van der Waals surface area contributed by atoms with Crippen molar-refractivity contribution in [1.82, 2.24) is 14.9 Å². The molecule has 1 saturated carbocycles. The van der Waals surface area contributed by atoms with E-state index in [-0.39, 0.29) is 11.7 Å². The van der Waals surface area contributed by atoms with Crippen LogP contribution in [0.2, 0.25) is 0 Å². The van der Waals surface area contributed by atoms with Gasteiger partial charge in [0.1, 0.15) is 17.6 Å². The molecule has 2 fully saturated rings. The van der Waals surface area contributed by atoms with Crippen LogP contribution in [0.15, 0.2) is 41.2 Å². The second-order valence-corrected chi connectivity index (χ2v) is 9.25. The molecule has 2 heterocycles. The van der Waals surface area contributed by atoms with E-state index in [0.29, 0.717) is 23.7 Å². The van der Waals surface area contributed by atoms with Gasteiger partial charge in [-0.25, -0.2) is 4.98 Å². The predicted molar refractivity (Wildman–Crippen MR) is 129 cm³/mol. The van der Waals surface area contributed by atoms with Gasteiger partial charge in [-0.2, -0.15) is 5.26 Å². The van der Waals surface area contributed by atoms with Gasteiger partial charge in [-0.3, -0.25) is 9.69 Å². The van der Waals surface area contributed by atoms with Gasteiger partial charge in [0, 0.05) is 32.2 Å². The van der Waals surface area contributed by atoms with Crippen molar-refractivity contribution in [3.05, 3.63) is 63.7 Å². The number of piperazine rings is 1. The number of nitriles is 1. The van der Waals surface area contributed by atoms with Crippen molar-refractivity contribution in [1.29, 1.82) is 5.26 Å². The van der Waals surface area contributed by atoms with Crippen LogP contribution < -0.4 is 15.2 Å². The summed E-state index contributed by atoms with van der Waals surface area (Å²) in [5.41, 5.74) is 3.54. The minimum absolute atomic E-state index is 0.0892. The third-order valence-corrected chi connectivity index (χ3v) is 6.37. The lowest BCUT2D eigenvalue weighted by molar-refractivity contribution is 0.240. The first-order chi connectivity index (χ1) is 16.0. The van der Waals surface area contributed by atoms with Crippen LogP contribution in [-0.4, -0.2) is 47.2 Å². The zero-order chi connectivity index (χ0) is 22.9. The normalized spacial score (nSPS) is 16.8. The molecule has 7 heteroatoms. The summed E-state index contributed by atoms with van der Waals surface area (Å²) in [5.74, 6) is 2.01. The van der Waals surface area contributed by atoms with Crippen LogP contribution in [0, 0.1) is 11.3 Å². The molecule has 170 valence electrons. The highest BCUT2D eigenvalue weighted by molar-refractivity contribution is 5.77. The Morgan fingerprint density at radius 1 is 1.18 bits per heavy atom. The zero-order valence-electron chi connectivity index (χ0n) is 19.2. The predicted octanol–water partition coefficient (Wildman–Crippen LogP) is 3.78. The summed E-state index contributed by atoms with van der Waals surface area (Å²) < 4.78 is 6.02. The summed E-state index contributed by atoms with van der Waals surface area (Å²) in [5, 5.41) is 10.6. The van der Waals surface area contributed by atoms with Gasteiger partial charge in [0.25, 0.3) is 5.56 Å². The average Bonchev–Trinajstić information content (AvgIpc) is 3.64. The van der Waals surface area contributed by atoms with Crippen molar-refractivity contribution in [3.8, 4) is 11.8 Å². The Labute approximate surface area is 193 Å². The number of hydrogen-bond acceptors (Lipinski definition) is 6. The van der Waals surface area contributed by atoms with Crippen molar-refractivity contribution in [3.63, 3.8) is 0 Å². The summed E-state index contributed by atoms with van der Waals surface area (Å²) in [6, 6.07) is 14.0. The number of aromatic amines is 1. The molecule has 7 nitrogen and oxygen atoms in total. The number of rotatable bonds is 6. The lowest BCUT2D eigenvalue weighted by Crippen LogP contribution is -2.46. The fourth-order valence-electron chi connectivity index (χ4n) is 4.62. The van der Waals surface area contributed by atoms with Gasteiger partial charge in [0.15, 0.2) is 0 Å². The Kier molecular flexibility index (Phi) is 5.77. The maximum Gasteiger partial charge on any atom is 0.258 e. The first-order valence-corrected chi connectivity index (χ1v) is 11.7. The fraction of sp³-hybridized carbons (Fsp3) is 0.423. The quantitative estimate of drug-likeness (QED) is 0.624. The molecular weight excluding hydrogens is 414 g/mol. The van der Waals surface area contributed by atoms with Gasteiger partial charge in [-0.05, 0) is 56.4 Å². The number of anilines is 1. The van der Waals surface area contributed by atoms with Crippen molar-refractivity contribution in [2.75, 3.05) is 31.1 Å². The first kappa shape index (κ1) is 21.5. The number of hydrogen-bond donors (Lipinski definition) is 1. The molecule has 5 rings (SSSR count). The smallest absolute Gasteiger partial charge is 0.258 e. The topological polar surface area (TPSA) is 85.2 Å². The van der Waals surface area contributed by atoms with E-state index < -0.39 is 0 Å². The highest BCUT2D eigenvalue weighted by Crippen LogP contribution is 2.45. The highest BCUT2D eigenvalue weighted by atomic mass is 16.5. The van der Waals surface area contributed by atoms with E-state index in [0.717, 1.165) is 67.1 Å². The van der Waals surface area contributed by atoms with Crippen LogP contribution in [0.1, 0.15) is 49.6 Å². The molecule has 0 radical (unpaired) electrons. The van der Waals surface area contributed by atoms with Crippen LogP contribution in [0.4, 0.5) is 5.69 Å². The number of fused-ring (bicyclic) bond motifs is 1. The zero-order valence-corrected chi connectivity index (χ0v) is 19.2. The van der Waals surface area contributed by atoms with E-state index in [2.05, 4.69) is 31.9 Å². The summed E-state index contributed by atoms with van der Waals surface area (Å²) in [4.78, 5) is 24.5. The molecule has 0 spiro atoms.